The van der Waals surface area contributed by atoms with E-state index in [1.165, 1.54) is 23.1 Å². The van der Waals surface area contributed by atoms with Gasteiger partial charge in [0.25, 0.3) is 5.91 Å². The van der Waals surface area contributed by atoms with E-state index in [0.717, 1.165) is 23.7 Å². The third-order valence-corrected chi connectivity index (χ3v) is 8.08. The van der Waals surface area contributed by atoms with Gasteiger partial charge in [0, 0.05) is 25.5 Å². The van der Waals surface area contributed by atoms with Gasteiger partial charge in [-0.05, 0) is 49.1 Å². The smallest absolute Gasteiger partial charge is 0.349 e. The zero-order chi connectivity index (χ0) is 33.3. The van der Waals surface area contributed by atoms with Crippen LogP contribution in [0.2, 0.25) is 0 Å². The molecule has 0 radical (unpaired) electrons. The second-order valence-electron chi connectivity index (χ2n) is 11.7. The monoisotopic (exact) mass is 665 g/mol. The van der Waals surface area contributed by atoms with Crippen molar-refractivity contribution in [2.45, 2.75) is 88.5 Å². The summed E-state index contributed by atoms with van der Waals surface area (Å²) in [5.41, 5.74) is 1.18. The standard InChI is InChI=1S/C28H31F8N7O3/c29-26(30)6-3-17(4-7-26)24(41-25(45)19-13-37-42(14-19)9-10-46-28(34,35)36)20-15-43-21(39-20)11-18(12-38-43)23(16-1-2-16)40-22(44)5-8-27(31,32)33/h11-17,23-24H,1-10H2,(H,40,44)(H,41,45)/t23?,24-/m0/s1. The maximum absolute atomic E-state index is 14.0. The molecule has 2 amide bonds. The highest BCUT2D eigenvalue weighted by Gasteiger charge is 2.40. The number of rotatable bonds is 12. The summed E-state index contributed by atoms with van der Waals surface area (Å²) in [6.07, 6.45) is -4.95. The summed E-state index contributed by atoms with van der Waals surface area (Å²) >= 11 is 0. The first-order valence-electron chi connectivity index (χ1n) is 14.7. The number of amides is 2. The average Bonchev–Trinajstić information content (AvgIpc) is 3.54. The van der Waals surface area contributed by atoms with E-state index in [2.05, 4.69) is 30.6 Å². The molecule has 5 rings (SSSR count). The third kappa shape index (κ3) is 9.13. The van der Waals surface area contributed by atoms with E-state index in [1.54, 1.807) is 6.07 Å². The Kier molecular flexibility index (Phi) is 9.56. The summed E-state index contributed by atoms with van der Waals surface area (Å²) < 4.78 is 109. The normalized spacial score (nSPS) is 18.8. The van der Waals surface area contributed by atoms with Crippen molar-refractivity contribution in [2.24, 2.45) is 11.8 Å². The van der Waals surface area contributed by atoms with Crippen LogP contribution in [-0.2, 0) is 16.1 Å². The lowest BCUT2D eigenvalue weighted by Gasteiger charge is -2.33. The molecule has 0 saturated heterocycles. The molecular formula is C28H31F8N7O3. The van der Waals surface area contributed by atoms with Crippen LogP contribution < -0.4 is 10.6 Å². The Balaban J connectivity index is 1.34. The number of imidazole rings is 1. The molecule has 3 heterocycles. The largest absolute Gasteiger partial charge is 0.522 e. The minimum atomic E-state index is -4.82. The number of carbonyl (C=O) groups is 2. The fraction of sp³-hybridized carbons (Fsp3) is 0.607. The molecule has 46 heavy (non-hydrogen) atoms. The molecule has 2 aliphatic rings. The summed E-state index contributed by atoms with van der Waals surface area (Å²) in [5.74, 6) is -4.65. The van der Waals surface area contributed by atoms with Crippen molar-refractivity contribution in [1.82, 2.24) is 35.0 Å². The minimum absolute atomic E-state index is 0.0189. The molecule has 1 unspecified atom stereocenters. The predicted octanol–water partition coefficient (Wildman–Crippen LogP) is 5.67. The lowest BCUT2D eigenvalue weighted by molar-refractivity contribution is -0.325. The minimum Gasteiger partial charge on any atom is -0.349 e. The Morgan fingerprint density at radius 2 is 1.65 bits per heavy atom. The fourth-order valence-electron chi connectivity index (χ4n) is 5.55. The Hall–Kier alpha value is -3.83. The van der Waals surface area contributed by atoms with E-state index in [0.29, 0.717) is 16.9 Å². The number of hydrogen-bond acceptors (Lipinski definition) is 6. The van der Waals surface area contributed by atoms with E-state index < -0.39 is 80.6 Å². The average molecular weight is 666 g/mol. The Labute approximate surface area is 256 Å². The first-order chi connectivity index (χ1) is 21.6. The van der Waals surface area contributed by atoms with Gasteiger partial charge in [-0.1, -0.05) is 0 Å². The van der Waals surface area contributed by atoms with Gasteiger partial charge in [0.15, 0.2) is 5.65 Å². The van der Waals surface area contributed by atoms with Crippen molar-refractivity contribution < 1.29 is 49.4 Å². The molecule has 2 aliphatic carbocycles. The van der Waals surface area contributed by atoms with Gasteiger partial charge in [-0.2, -0.15) is 23.4 Å². The Bertz CT molecular complexity index is 1520. The number of halogens is 8. The van der Waals surface area contributed by atoms with Gasteiger partial charge in [0.1, 0.15) is 0 Å². The van der Waals surface area contributed by atoms with Crippen LogP contribution in [-0.4, -0.2) is 61.3 Å². The second kappa shape index (κ2) is 13.1. The van der Waals surface area contributed by atoms with Crippen LogP contribution in [0.15, 0.2) is 30.9 Å². The molecule has 252 valence electrons. The number of hydrogen-bond donors (Lipinski definition) is 2. The van der Waals surface area contributed by atoms with Crippen LogP contribution in [0.1, 0.15) is 85.1 Å². The molecule has 3 aromatic heterocycles. The Morgan fingerprint density at radius 3 is 2.30 bits per heavy atom. The lowest BCUT2D eigenvalue weighted by Crippen LogP contribution is -2.37. The van der Waals surface area contributed by atoms with Gasteiger partial charge in [0.05, 0.1) is 61.5 Å². The second-order valence-corrected chi connectivity index (χ2v) is 11.7. The lowest BCUT2D eigenvalue weighted by atomic mass is 9.81. The molecule has 0 spiro atoms. The van der Waals surface area contributed by atoms with Gasteiger partial charge in [-0.3, -0.25) is 19.0 Å². The van der Waals surface area contributed by atoms with Crippen molar-refractivity contribution >= 4 is 17.5 Å². The Morgan fingerprint density at radius 1 is 0.957 bits per heavy atom. The van der Waals surface area contributed by atoms with Crippen LogP contribution in [0.4, 0.5) is 35.1 Å². The van der Waals surface area contributed by atoms with E-state index in [4.69, 9.17) is 0 Å². The highest BCUT2D eigenvalue weighted by Crippen LogP contribution is 2.43. The summed E-state index contributed by atoms with van der Waals surface area (Å²) in [7, 11) is 0. The zero-order valence-electron chi connectivity index (χ0n) is 24.3. The molecule has 0 aliphatic heterocycles. The summed E-state index contributed by atoms with van der Waals surface area (Å²) in [5, 5.41) is 13.7. The number of alkyl halides is 8. The fourth-order valence-corrected chi connectivity index (χ4v) is 5.55. The van der Waals surface area contributed by atoms with Gasteiger partial charge in [0.2, 0.25) is 11.8 Å². The topological polar surface area (TPSA) is 115 Å². The summed E-state index contributed by atoms with van der Waals surface area (Å²) in [4.78, 5) is 30.1. The number of nitrogens with one attached hydrogen (secondary N) is 2. The summed E-state index contributed by atoms with van der Waals surface area (Å²) in [6.45, 7) is -1.00. The number of aromatic nitrogens is 5. The molecule has 10 nitrogen and oxygen atoms in total. The summed E-state index contributed by atoms with van der Waals surface area (Å²) in [6, 6.07) is 0.212. The van der Waals surface area contributed by atoms with Crippen LogP contribution in [0.25, 0.3) is 5.65 Å². The van der Waals surface area contributed by atoms with Gasteiger partial charge >= 0.3 is 12.5 Å². The van der Waals surface area contributed by atoms with Crippen molar-refractivity contribution in [3.05, 3.63) is 47.7 Å². The quantitative estimate of drug-likeness (QED) is 0.241. The van der Waals surface area contributed by atoms with E-state index >= 15 is 0 Å². The van der Waals surface area contributed by atoms with Crippen molar-refractivity contribution in [3.8, 4) is 0 Å². The van der Waals surface area contributed by atoms with Crippen LogP contribution in [0.5, 0.6) is 0 Å². The number of carbonyl (C=O) groups excluding carboxylic acids is 2. The molecule has 18 heteroatoms. The molecule has 3 aromatic rings. The van der Waals surface area contributed by atoms with Crippen molar-refractivity contribution in [2.75, 3.05) is 6.61 Å². The maximum Gasteiger partial charge on any atom is 0.522 e. The van der Waals surface area contributed by atoms with Gasteiger partial charge in [-0.25, -0.2) is 18.3 Å². The first-order valence-corrected chi connectivity index (χ1v) is 14.7. The SMILES string of the molecule is O=C(CCC(F)(F)F)NC(c1cnn2cc([C@@H](NC(=O)c3cnn(CCOC(F)(F)F)c3)C3CCC(F)(F)CC3)nc2c1)C1CC1. The molecule has 2 fully saturated rings. The van der Waals surface area contributed by atoms with Crippen molar-refractivity contribution in [3.63, 3.8) is 0 Å². The van der Waals surface area contributed by atoms with Crippen LogP contribution >= 0.6 is 0 Å². The van der Waals surface area contributed by atoms with Gasteiger partial charge in [-0.15, -0.1) is 13.2 Å². The zero-order valence-corrected chi connectivity index (χ0v) is 24.3. The highest BCUT2D eigenvalue weighted by molar-refractivity contribution is 5.94. The highest BCUT2D eigenvalue weighted by atomic mass is 19.4. The van der Waals surface area contributed by atoms with Crippen LogP contribution in [0.3, 0.4) is 0 Å². The van der Waals surface area contributed by atoms with E-state index in [1.807, 2.05) is 0 Å². The number of nitrogens with zero attached hydrogens (tertiary/aromatic N) is 5. The predicted molar refractivity (Wildman–Crippen MR) is 143 cm³/mol. The molecular weight excluding hydrogens is 634 g/mol. The molecule has 0 aromatic carbocycles. The van der Waals surface area contributed by atoms with E-state index in [-0.39, 0.29) is 30.9 Å². The molecule has 2 saturated carbocycles. The van der Waals surface area contributed by atoms with Crippen molar-refractivity contribution in [1.29, 1.82) is 0 Å². The van der Waals surface area contributed by atoms with Gasteiger partial charge < -0.3 is 10.6 Å². The number of ether oxygens (including phenoxy) is 1. The molecule has 2 N–H and O–H groups in total. The van der Waals surface area contributed by atoms with Crippen LogP contribution in [0, 0.1) is 11.8 Å². The number of fused-ring (bicyclic) bond motifs is 1. The maximum atomic E-state index is 14.0. The first kappa shape index (κ1) is 33.5. The van der Waals surface area contributed by atoms with E-state index in [9.17, 15) is 44.7 Å². The molecule has 2 atom stereocenters. The third-order valence-electron chi connectivity index (χ3n) is 8.08. The molecule has 0 bridgehead atoms.